The van der Waals surface area contributed by atoms with Gasteiger partial charge in [-0.05, 0) is 33.2 Å². The summed E-state index contributed by atoms with van der Waals surface area (Å²) in [5.41, 5.74) is -1.14. The first-order valence-electron chi connectivity index (χ1n) is 5.59. The van der Waals surface area contributed by atoms with Gasteiger partial charge in [-0.1, -0.05) is 0 Å². The SMILES string of the molecule is CN(C(=O)[C@H]1CCCNC1)C(C)(C)C(=O)O. The molecular formula is C11H20N2O3. The van der Waals surface area contributed by atoms with Gasteiger partial charge in [0.05, 0.1) is 5.92 Å². The van der Waals surface area contributed by atoms with E-state index in [1.54, 1.807) is 20.9 Å². The maximum atomic E-state index is 12.1. The molecule has 92 valence electrons. The van der Waals surface area contributed by atoms with E-state index in [-0.39, 0.29) is 11.8 Å². The normalized spacial score (nSPS) is 21.6. The third-order valence-corrected chi connectivity index (χ3v) is 3.34. The minimum absolute atomic E-state index is 0.0837. The summed E-state index contributed by atoms with van der Waals surface area (Å²) in [4.78, 5) is 24.5. The van der Waals surface area contributed by atoms with Crippen molar-refractivity contribution in [2.24, 2.45) is 5.92 Å². The molecule has 1 saturated heterocycles. The van der Waals surface area contributed by atoms with E-state index in [9.17, 15) is 9.59 Å². The number of hydrogen-bond acceptors (Lipinski definition) is 3. The summed E-state index contributed by atoms with van der Waals surface area (Å²) in [6, 6.07) is 0. The van der Waals surface area contributed by atoms with Crippen LogP contribution in [-0.2, 0) is 9.59 Å². The molecule has 1 fully saturated rings. The Morgan fingerprint density at radius 3 is 2.50 bits per heavy atom. The van der Waals surface area contributed by atoms with Crippen molar-refractivity contribution in [3.8, 4) is 0 Å². The van der Waals surface area contributed by atoms with Crippen LogP contribution in [0.5, 0.6) is 0 Å². The Hall–Kier alpha value is -1.10. The van der Waals surface area contributed by atoms with Gasteiger partial charge in [-0.25, -0.2) is 4.79 Å². The van der Waals surface area contributed by atoms with Crippen LogP contribution in [0.15, 0.2) is 0 Å². The fraction of sp³-hybridized carbons (Fsp3) is 0.818. The van der Waals surface area contributed by atoms with Crippen LogP contribution in [0.25, 0.3) is 0 Å². The predicted octanol–water partition coefficient (Wildman–Crippen LogP) is 0.308. The van der Waals surface area contributed by atoms with E-state index in [2.05, 4.69) is 5.32 Å². The monoisotopic (exact) mass is 228 g/mol. The van der Waals surface area contributed by atoms with Crippen LogP contribution in [0.3, 0.4) is 0 Å². The van der Waals surface area contributed by atoms with Crippen molar-refractivity contribution in [3.63, 3.8) is 0 Å². The lowest BCUT2D eigenvalue weighted by Gasteiger charge is -2.35. The van der Waals surface area contributed by atoms with Crippen LogP contribution >= 0.6 is 0 Å². The number of nitrogens with zero attached hydrogens (tertiary/aromatic N) is 1. The molecular weight excluding hydrogens is 208 g/mol. The third kappa shape index (κ3) is 2.52. The van der Waals surface area contributed by atoms with Crippen molar-refractivity contribution in [2.75, 3.05) is 20.1 Å². The van der Waals surface area contributed by atoms with Crippen LogP contribution in [0.2, 0.25) is 0 Å². The number of amides is 1. The predicted molar refractivity (Wildman–Crippen MR) is 60.1 cm³/mol. The molecule has 1 amide bonds. The molecule has 0 saturated carbocycles. The summed E-state index contributed by atoms with van der Waals surface area (Å²) >= 11 is 0. The van der Waals surface area contributed by atoms with Crippen LogP contribution in [-0.4, -0.2) is 47.6 Å². The number of carboxylic acids is 1. The smallest absolute Gasteiger partial charge is 0.329 e. The van der Waals surface area contributed by atoms with E-state index in [1.165, 1.54) is 4.90 Å². The van der Waals surface area contributed by atoms with Crippen molar-refractivity contribution >= 4 is 11.9 Å². The summed E-state index contributed by atoms with van der Waals surface area (Å²) in [7, 11) is 1.56. The first kappa shape index (κ1) is 13.0. The van der Waals surface area contributed by atoms with Gasteiger partial charge in [0, 0.05) is 13.6 Å². The molecule has 1 rings (SSSR count). The maximum absolute atomic E-state index is 12.1. The lowest BCUT2D eigenvalue weighted by atomic mass is 9.95. The molecule has 1 atom stereocenters. The molecule has 5 nitrogen and oxygen atoms in total. The molecule has 0 radical (unpaired) electrons. The van der Waals surface area contributed by atoms with Gasteiger partial charge in [-0.15, -0.1) is 0 Å². The van der Waals surface area contributed by atoms with Gasteiger partial charge in [-0.2, -0.15) is 0 Å². The largest absolute Gasteiger partial charge is 0.480 e. The minimum atomic E-state index is -1.14. The number of hydrogen-bond donors (Lipinski definition) is 2. The number of aliphatic carboxylic acids is 1. The molecule has 1 aliphatic heterocycles. The first-order valence-corrected chi connectivity index (χ1v) is 5.59. The van der Waals surface area contributed by atoms with Gasteiger partial charge >= 0.3 is 5.97 Å². The second-order valence-electron chi connectivity index (χ2n) is 4.80. The van der Waals surface area contributed by atoms with Gasteiger partial charge in [0.15, 0.2) is 0 Å². The van der Waals surface area contributed by atoms with Crippen LogP contribution in [0.4, 0.5) is 0 Å². The van der Waals surface area contributed by atoms with E-state index in [4.69, 9.17) is 5.11 Å². The topological polar surface area (TPSA) is 69.6 Å². The third-order valence-electron chi connectivity index (χ3n) is 3.34. The number of piperidine rings is 1. The molecule has 0 aromatic rings. The fourth-order valence-electron chi connectivity index (χ4n) is 1.76. The van der Waals surface area contributed by atoms with Crippen molar-refractivity contribution in [1.82, 2.24) is 10.2 Å². The second kappa shape index (κ2) is 4.82. The lowest BCUT2D eigenvalue weighted by molar-refractivity contribution is -0.157. The van der Waals surface area contributed by atoms with E-state index in [0.717, 1.165) is 19.4 Å². The maximum Gasteiger partial charge on any atom is 0.329 e. The second-order valence-corrected chi connectivity index (χ2v) is 4.80. The Labute approximate surface area is 95.8 Å². The van der Waals surface area contributed by atoms with Gasteiger partial charge in [0.2, 0.25) is 5.91 Å². The Morgan fingerprint density at radius 2 is 2.06 bits per heavy atom. The zero-order chi connectivity index (χ0) is 12.3. The number of carbonyl (C=O) groups excluding carboxylic acids is 1. The summed E-state index contributed by atoms with van der Waals surface area (Å²) in [5, 5.41) is 12.2. The van der Waals surface area contributed by atoms with Crippen molar-refractivity contribution in [3.05, 3.63) is 0 Å². The Kier molecular flexibility index (Phi) is 3.91. The van der Waals surface area contributed by atoms with E-state index >= 15 is 0 Å². The Morgan fingerprint density at radius 1 is 1.44 bits per heavy atom. The average molecular weight is 228 g/mol. The summed E-state index contributed by atoms with van der Waals surface area (Å²) in [6.07, 6.45) is 1.81. The molecule has 0 aliphatic carbocycles. The highest BCUT2D eigenvalue weighted by molar-refractivity contribution is 5.87. The van der Waals surface area contributed by atoms with Crippen LogP contribution < -0.4 is 5.32 Å². The molecule has 0 aromatic carbocycles. The number of carboxylic acid groups (broad SMARTS) is 1. The highest BCUT2D eigenvalue weighted by Crippen LogP contribution is 2.19. The van der Waals surface area contributed by atoms with Gasteiger partial charge in [0.25, 0.3) is 0 Å². The molecule has 0 aromatic heterocycles. The Balaban J connectivity index is 2.69. The number of rotatable bonds is 3. The minimum Gasteiger partial charge on any atom is -0.480 e. The summed E-state index contributed by atoms with van der Waals surface area (Å²) in [6.45, 7) is 4.68. The molecule has 2 N–H and O–H groups in total. The van der Waals surface area contributed by atoms with Gasteiger partial charge < -0.3 is 15.3 Å². The highest BCUT2D eigenvalue weighted by Gasteiger charge is 2.37. The lowest BCUT2D eigenvalue weighted by Crippen LogP contribution is -2.54. The van der Waals surface area contributed by atoms with E-state index in [0.29, 0.717) is 6.54 Å². The first-order chi connectivity index (χ1) is 7.37. The van der Waals surface area contributed by atoms with Crippen molar-refractivity contribution < 1.29 is 14.7 Å². The highest BCUT2D eigenvalue weighted by atomic mass is 16.4. The quantitative estimate of drug-likeness (QED) is 0.729. The molecule has 16 heavy (non-hydrogen) atoms. The number of carbonyl (C=O) groups is 2. The van der Waals surface area contributed by atoms with Crippen LogP contribution in [0.1, 0.15) is 26.7 Å². The molecule has 5 heteroatoms. The molecule has 0 bridgehead atoms. The summed E-state index contributed by atoms with van der Waals surface area (Å²) in [5.74, 6) is -1.15. The van der Waals surface area contributed by atoms with Gasteiger partial charge in [0.1, 0.15) is 5.54 Å². The number of nitrogens with one attached hydrogen (secondary N) is 1. The Bertz CT molecular complexity index is 283. The zero-order valence-electron chi connectivity index (χ0n) is 10.1. The number of likely N-dealkylation sites (N-methyl/N-ethyl adjacent to an activating group) is 1. The molecule has 1 aliphatic rings. The molecule has 0 spiro atoms. The fourth-order valence-corrected chi connectivity index (χ4v) is 1.76. The molecule has 1 heterocycles. The average Bonchev–Trinajstić information content (AvgIpc) is 2.28. The van der Waals surface area contributed by atoms with Crippen molar-refractivity contribution in [1.29, 1.82) is 0 Å². The van der Waals surface area contributed by atoms with E-state index in [1.807, 2.05) is 0 Å². The zero-order valence-corrected chi connectivity index (χ0v) is 10.1. The molecule has 0 unspecified atom stereocenters. The standard InChI is InChI=1S/C11H20N2O3/c1-11(2,10(15)16)13(3)9(14)8-5-4-6-12-7-8/h8,12H,4-7H2,1-3H3,(H,15,16)/t8-/m0/s1. The van der Waals surface area contributed by atoms with Crippen LogP contribution in [0, 0.1) is 5.92 Å². The van der Waals surface area contributed by atoms with Gasteiger partial charge in [-0.3, -0.25) is 4.79 Å². The summed E-state index contributed by atoms with van der Waals surface area (Å²) < 4.78 is 0. The van der Waals surface area contributed by atoms with E-state index < -0.39 is 11.5 Å². The van der Waals surface area contributed by atoms with Crippen molar-refractivity contribution in [2.45, 2.75) is 32.2 Å².